The van der Waals surface area contributed by atoms with Crippen molar-refractivity contribution in [2.24, 2.45) is 0 Å². The largest absolute Gasteiger partial charge is 0.497 e. The number of hydrogen-bond acceptors (Lipinski definition) is 5. The topological polar surface area (TPSA) is 51.7 Å². The van der Waals surface area contributed by atoms with Crippen molar-refractivity contribution in [3.05, 3.63) is 82.9 Å². The quantitative estimate of drug-likeness (QED) is 0.351. The Bertz CT molecular complexity index is 1210. The average molecular weight is 453 g/mol. The van der Waals surface area contributed by atoms with Crippen molar-refractivity contribution < 1.29 is 14.3 Å². The van der Waals surface area contributed by atoms with Gasteiger partial charge in [-0.05, 0) is 42.3 Å². The molecule has 0 fully saturated rings. The van der Waals surface area contributed by atoms with E-state index in [1.54, 1.807) is 24.1 Å². The molecule has 3 aromatic carbocycles. The fourth-order valence-corrected chi connectivity index (χ4v) is 4.34. The molecule has 0 saturated heterocycles. The molecule has 0 radical (unpaired) electrons. The van der Waals surface area contributed by atoms with Crippen LogP contribution in [0.5, 0.6) is 11.5 Å². The summed E-state index contributed by atoms with van der Waals surface area (Å²) in [7, 11) is 1.59. The van der Waals surface area contributed by atoms with Gasteiger partial charge in [0.25, 0.3) is 5.91 Å². The molecule has 5 nitrogen and oxygen atoms in total. The van der Waals surface area contributed by atoms with Gasteiger partial charge in [-0.1, -0.05) is 59.3 Å². The number of aryl methyl sites for hydroxylation is 1. The molecule has 0 bridgehead atoms. The third-order valence-electron chi connectivity index (χ3n) is 4.86. The lowest BCUT2D eigenvalue weighted by Gasteiger charge is -2.20. The zero-order valence-electron chi connectivity index (χ0n) is 17.2. The van der Waals surface area contributed by atoms with Gasteiger partial charge < -0.3 is 9.47 Å². The first-order chi connectivity index (χ1) is 15.0. The fourth-order valence-electron chi connectivity index (χ4n) is 3.15. The number of methoxy groups -OCH3 is 1. The Balaban J connectivity index is 1.62. The Labute approximate surface area is 189 Å². The van der Waals surface area contributed by atoms with E-state index in [1.165, 1.54) is 11.3 Å². The number of hydrogen-bond donors (Lipinski definition) is 0. The molecule has 0 aliphatic heterocycles. The summed E-state index contributed by atoms with van der Waals surface area (Å²) in [6.45, 7) is 2.22. The summed E-state index contributed by atoms with van der Waals surface area (Å²) in [4.78, 5) is 19.6. The zero-order chi connectivity index (χ0) is 21.8. The summed E-state index contributed by atoms with van der Waals surface area (Å²) in [5.74, 6) is 1.05. The highest BCUT2D eigenvalue weighted by molar-refractivity contribution is 7.22. The third-order valence-corrected chi connectivity index (χ3v) is 6.31. The van der Waals surface area contributed by atoms with E-state index in [4.69, 9.17) is 26.1 Å². The molecular weight excluding hydrogens is 432 g/mol. The summed E-state index contributed by atoms with van der Waals surface area (Å²) in [5.41, 5.74) is 2.72. The van der Waals surface area contributed by atoms with E-state index in [1.807, 2.05) is 61.5 Å². The number of aromatic nitrogens is 1. The van der Waals surface area contributed by atoms with Gasteiger partial charge in [-0.25, -0.2) is 4.98 Å². The van der Waals surface area contributed by atoms with E-state index in [2.05, 4.69) is 0 Å². The van der Waals surface area contributed by atoms with Crippen molar-refractivity contribution in [2.75, 3.05) is 18.6 Å². The maximum atomic E-state index is 13.2. The predicted molar refractivity (Wildman–Crippen MR) is 125 cm³/mol. The minimum atomic E-state index is -0.186. The third kappa shape index (κ3) is 4.81. The van der Waals surface area contributed by atoms with Crippen LogP contribution in [0.1, 0.15) is 11.1 Å². The molecule has 4 rings (SSSR count). The number of benzene rings is 3. The van der Waals surface area contributed by atoms with Crippen LogP contribution in [0.25, 0.3) is 10.2 Å². The number of ether oxygens (including phenoxy) is 2. The van der Waals surface area contributed by atoms with Gasteiger partial charge >= 0.3 is 0 Å². The SMILES string of the molecule is COc1cccc(OCC(=O)N(Cc2ccccc2)c2nc3c(C)c(Cl)ccc3s2)c1. The maximum absolute atomic E-state index is 13.2. The number of rotatable bonds is 7. The van der Waals surface area contributed by atoms with Crippen molar-refractivity contribution in [1.82, 2.24) is 4.98 Å². The number of thiazole rings is 1. The summed E-state index contributed by atoms with van der Waals surface area (Å²) >= 11 is 7.73. The highest BCUT2D eigenvalue weighted by Gasteiger charge is 2.22. The first-order valence-corrected chi connectivity index (χ1v) is 10.9. The number of halogens is 1. The van der Waals surface area contributed by atoms with E-state index in [0.29, 0.717) is 28.2 Å². The second-order valence-corrected chi connectivity index (χ2v) is 8.37. The van der Waals surface area contributed by atoms with Gasteiger partial charge in [0.05, 0.1) is 23.9 Å². The molecule has 1 heterocycles. The molecule has 0 N–H and O–H groups in total. The molecule has 0 aliphatic rings. The first-order valence-electron chi connectivity index (χ1n) is 9.72. The van der Waals surface area contributed by atoms with Crippen LogP contribution in [0.4, 0.5) is 5.13 Å². The smallest absolute Gasteiger partial charge is 0.267 e. The van der Waals surface area contributed by atoms with Crippen LogP contribution in [0.3, 0.4) is 0 Å². The van der Waals surface area contributed by atoms with Gasteiger partial charge in [0, 0.05) is 11.1 Å². The Morgan fingerprint density at radius 2 is 1.84 bits per heavy atom. The van der Waals surface area contributed by atoms with Crippen molar-refractivity contribution in [2.45, 2.75) is 13.5 Å². The molecule has 1 amide bonds. The van der Waals surface area contributed by atoms with E-state index >= 15 is 0 Å². The van der Waals surface area contributed by atoms with Crippen molar-refractivity contribution in [1.29, 1.82) is 0 Å². The highest BCUT2D eigenvalue weighted by Crippen LogP contribution is 2.34. The number of amides is 1. The molecule has 158 valence electrons. The number of carbonyl (C=O) groups excluding carboxylic acids is 1. The van der Waals surface area contributed by atoms with Crippen LogP contribution in [0.15, 0.2) is 66.7 Å². The molecular formula is C24H21ClN2O3S. The minimum absolute atomic E-state index is 0.115. The highest BCUT2D eigenvalue weighted by atomic mass is 35.5. The normalized spacial score (nSPS) is 10.8. The van der Waals surface area contributed by atoms with Crippen molar-refractivity contribution in [3.8, 4) is 11.5 Å². The van der Waals surface area contributed by atoms with Gasteiger partial charge in [0.2, 0.25) is 0 Å². The van der Waals surface area contributed by atoms with E-state index < -0.39 is 0 Å². The molecule has 0 unspecified atom stereocenters. The lowest BCUT2D eigenvalue weighted by atomic mass is 10.2. The van der Waals surface area contributed by atoms with Crippen molar-refractivity contribution >= 4 is 44.2 Å². The maximum Gasteiger partial charge on any atom is 0.267 e. The second-order valence-electron chi connectivity index (χ2n) is 6.95. The van der Waals surface area contributed by atoms with Gasteiger partial charge in [0.15, 0.2) is 11.7 Å². The molecule has 7 heteroatoms. The monoisotopic (exact) mass is 452 g/mol. The van der Waals surface area contributed by atoms with E-state index in [9.17, 15) is 4.79 Å². The first kappa shape index (κ1) is 21.2. The Morgan fingerprint density at radius 1 is 1.06 bits per heavy atom. The van der Waals surface area contributed by atoms with Crippen LogP contribution in [-0.4, -0.2) is 24.6 Å². The van der Waals surface area contributed by atoms with Crippen LogP contribution < -0.4 is 14.4 Å². The lowest BCUT2D eigenvalue weighted by molar-refractivity contribution is -0.120. The number of nitrogens with zero attached hydrogens (tertiary/aromatic N) is 2. The summed E-state index contributed by atoms with van der Waals surface area (Å²) in [6, 6.07) is 20.8. The molecule has 0 saturated carbocycles. The van der Waals surface area contributed by atoms with E-state index in [-0.39, 0.29) is 12.5 Å². The number of carbonyl (C=O) groups is 1. The van der Waals surface area contributed by atoms with Crippen molar-refractivity contribution in [3.63, 3.8) is 0 Å². The van der Waals surface area contributed by atoms with Crippen LogP contribution >= 0.6 is 22.9 Å². The van der Waals surface area contributed by atoms with Gasteiger partial charge in [-0.3, -0.25) is 9.69 Å². The molecule has 0 atom stereocenters. The standard InChI is InChI=1S/C24H21ClN2O3S/c1-16-20(25)11-12-21-23(16)26-24(31-21)27(14-17-7-4-3-5-8-17)22(28)15-30-19-10-6-9-18(13-19)29-2/h3-13H,14-15H2,1-2H3. The van der Waals surface area contributed by atoms with Crippen LogP contribution in [0, 0.1) is 6.92 Å². The van der Waals surface area contributed by atoms with Crippen LogP contribution in [0.2, 0.25) is 5.02 Å². The zero-order valence-corrected chi connectivity index (χ0v) is 18.7. The Morgan fingerprint density at radius 3 is 2.61 bits per heavy atom. The summed E-state index contributed by atoms with van der Waals surface area (Å²) in [5, 5.41) is 1.27. The minimum Gasteiger partial charge on any atom is -0.497 e. The second kappa shape index (κ2) is 9.37. The molecule has 0 spiro atoms. The molecule has 1 aromatic heterocycles. The molecule has 31 heavy (non-hydrogen) atoms. The lowest BCUT2D eigenvalue weighted by Crippen LogP contribution is -2.34. The molecule has 4 aromatic rings. The van der Waals surface area contributed by atoms with Crippen LogP contribution in [-0.2, 0) is 11.3 Å². The molecule has 0 aliphatic carbocycles. The fraction of sp³-hybridized carbons (Fsp3) is 0.167. The number of fused-ring (bicyclic) bond motifs is 1. The number of anilines is 1. The Kier molecular flexibility index (Phi) is 6.39. The Hall–Kier alpha value is -3.09. The summed E-state index contributed by atoms with van der Waals surface area (Å²) < 4.78 is 12.0. The predicted octanol–water partition coefficient (Wildman–Crippen LogP) is 5.88. The van der Waals surface area contributed by atoms with E-state index in [0.717, 1.165) is 21.3 Å². The van der Waals surface area contributed by atoms with Gasteiger partial charge in [-0.15, -0.1) is 0 Å². The van der Waals surface area contributed by atoms with Gasteiger partial charge in [0.1, 0.15) is 11.5 Å². The average Bonchev–Trinajstić information content (AvgIpc) is 3.24. The van der Waals surface area contributed by atoms with Gasteiger partial charge in [-0.2, -0.15) is 0 Å². The summed E-state index contributed by atoms with van der Waals surface area (Å²) in [6.07, 6.45) is 0.